The molecule has 1 aliphatic rings. The van der Waals surface area contributed by atoms with E-state index in [4.69, 9.17) is 11.6 Å². The lowest BCUT2D eigenvalue weighted by Crippen LogP contribution is -2.26. The van der Waals surface area contributed by atoms with Crippen LogP contribution >= 0.6 is 11.6 Å². The average molecular weight is 376 g/mol. The molecule has 0 aliphatic heterocycles. The molecule has 0 bridgehead atoms. The normalized spacial score (nSPS) is 16.1. The van der Waals surface area contributed by atoms with Crippen LogP contribution in [-0.4, -0.2) is 25.5 Å². The van der Waals surface area contributed by atoms with Crippen LogP contribution in [0.3, 0.4) is 0 Å². The molecule has 0 spiro atoms. The second-order valence-electron chi connectivity index (χ2n) is 6.20. The van der Waals surface area contributed by atoms with Crippen LogP contribution in [0.5, 0.6) is 0 Å². The first-order valence-corrected chi connectivity index (χ1v) is 8.13. The quantitative estimate of drug-likeness (QED) is 0.886. The molecule has 1 fully saturated rings. The first-order chi connectivity index (χ1) is 11.6. The first-order valence-electron chi connectivity index (χ1n) is 7.75. The number of rotatable bonds is 4. The Morgan fingerprint density at radius 1 is 1.44 bits per heavy atom. The van der Waals surface area contributed by atoms with Gasteiger partial charge in [0.25, 0.3) is 0 Å². The molecular formula is C15H17ClF3N5O. The zero-order valence-corrected chi connectivity index (χ0v) is 14.6. The highest BCUT2D eigenvalue weighted by Gasteiger charge is 2.43. The van der Waals surface area contributed by atoms with Gasteiger partial charge in [0.05, 0.1) is 28.3 Å². The predicted molar refractivity (Wildman–Crippen MR) is 85.5 cm³/mol. The molecule has 2 aromatic rings. The smallest absolute Gasteiger partial charge is 0.321 e. The van der Waals surface area contributed by atoms with Crippen LogP contribution in [0.15, 0.2) is 6.20 Å². The fourth-order valence-corrected chi connectivity index (χ4v) is 2.98. The third-order valence-electron chi connectivity index (χ3n) is 4.36. The largest absolute Gasteiger partial charge is 0.436 e. The SMILES string of the molecule is Cc1c(NC(=O)[C@H](C)n2nc(C(F)(F)F)c(Cl)c2C2CC2)cnn1C. The number of nitrogens with zero attached hydrogens (tertiary/aromatic N) is 4. The van der Waals surface area contributed by atoms with E-state index in [0.29, 0.717) is 5.69 Å². The summed E-state index contributed by atoms with van der Waals surface area (Å²) in [6.45, 7) is 3.27. The second kappa shape index (κ2) is 6.05. The minimum absolute atomic E-state index is 0.0912. The fourth-order valence-electron chi connectivity index (χ4n) is 2.60. The molecule has 0 saturated heterocycles. The van der Waals surface area contributed by atoms with Crippen molar-refractivity contribution in [1.82, 2.24) is 19.6 Å². The summed E-state index contributed by atoms with van der Waals surface area (Å²) in [6.07, 6.45) is -1.71. The van der Waals surface area contributed by atoms with Gasteiger partial charge in [-0.2, -0.15) is 23.4 Å². The lowest BCUT2D eigenvalue weighted by molar-refractivity contribution is -0.141. The van der Waals surface area contributed by atoms with Gasteiger partial charge in [-0.1, -0.05) is 11.6 Å². The highest BCUT2D eigenvalue weighted by molar-refractivity contribution is 6.32. The van der Waals surface area contributed by atoms with Crippen LogP contribution in [0, 0.1) is 6.92 Å². The molecule has 1 amide bonds. The van der Waals surface area contributed by atoms with E-state index in [9.17, 15) is 18.0 Å². The number of alkyl halides is 3. The molecule has 136 valence electrons. The zero-order chi connectivity index (χ0) is 18.5. The van der Waals surface area contributed by atoms with E-state index in [0.717, 1.165) is 23.2 Å². The fraction of sp³-hybridized carbons (Fsp3) is 0.533. The van der Waals surface area contributed by atoms with Gasteiger partial charge < -0.3 is 5.32 Å². The summed E-state index contributed by atoms with van der Waals surface area (Å²) >= 11 is 5.94. The summed E-state index contributed by atoms with van der Waals surface area (Å²) in [5.41, 5.74) is 0.367. The second-order valence-corrected chi connectivity index (χ2v) is 6.57. The van der Waals surface area contributed by atoms with Crippen molar-refractivity contribution in [2.24, 2.45) is 7.05 Å². The molecule has 1 saturated carbocycles. The highest BCUT2D eigenvalue weighted by Crippen LogP contribution is 2.47. The summed E-state index contributed by atoms with van der Waals surface area (Å²) in [6, 6.07) is -0.941. The van der Waals surface area contributed by atoms with Crippen molar-refractivity contribution >= 4 is 23.2 Å². The van der Waals surface area contributed by atoms with E-state index in [1.807, 2.05) is 0 Å². The van der Waals surface area contributed by atoms with Gasteiger partial charge in [-0.25, -0.2) is 0 Å². The van der Waals surface area contributed by atoms with Gasteiger partial charge in [0.15, 0.2) is 5.69 Å². The molecule has 0 unspecified atom stereocenters. The van der Waals surface area contributed by atoms with Gasteiger partial charge in [-0.05, 0) is 26.7 Å². The van der Waals surface area contributed by atoms with Crippen molar-refractivity contribution in [3.05, 3.63) is 28.3 Å². The molecule has 1 N–H and O–H groups in total. The maximum absolute atomic E-state index is 13.1. The number of nitrogens with one attached hydrogen (secondary N) is 1. The van der Waals surface area contributed by atoms with E-state index >= 15 is 0 Å². The van der Waals surface area contributed by atoms with Crippen molar-refractivity contribution in [3.8, 4) is 0 Å². The Hall–Kier alpha value is -2.03. The molecule has 6 nitrogen and oxygen atoms in total. The predicted octanol–water partition coefficient (Wildman–Crippen LogP) is 3.67. The van der Waals surface area contributed by atoms with Crippen molar-refractivity contribution < 1.29 is 18.0 Å². The van der Waals surface area contributed by atoms with E-state index < -0.39 is 28.8 Å². The molecule has 0 radical (unpaired) electrons. The van der Waals surface area contributed by atoms with Crippen LogP contribution in [-0.2, 0) is 18.0 Å². The summed E-state index contributed by atoms with van der Waals surface area (Å²) in [5.74, 6) is -0.572. The van der Waals surface area contributed by atoms with Crippen LogP contribution < -0.4 is 5.32 Å². The van der Waals surface area contributed by atoms with Gasteiger partial charge in [-0.15, -0.1) is 0 Å². The zero-order valence-electron chi connectivity index (χ0n) is 13.9. The van der Waals surface area contributed by atoms with Crippen molar-refractivity contribution in [3.63, 3.8) is 0 Å². The molecular weight excluding hydrogens is 359 g/mol. The molecule has 0 aromatic carbocycles. The number of amides is 1. The molecule has 25 heavy (non-hydrogen) atoms. The lowest BCUT2D eigenvalue weighted by Gasteiger charge is -2.15. The molecule has 10 heteroatoms. The number of halogens is 4. The van der Waals surface area contributed by atoms with Gasteiger partial charge in [0.1, 0.15) is 6.04 Å². The molecule has 1 aliphatic carbocycles. The number of hydrogen-bond acceptors (Lipinski definition) is 3. The summed E-state index contributed by atoms with van der Waals surface area (Å²) in [7, 11) is 1.72. The van der Waals surface area contributed by atoms with Crippen LogP contribution in [0.2, 0.25) is 5.02 Å². The molecule has 1 atom stereocenters. The number of aryl methyl sites for hydroxylation is 1. The van der Waals surface area contributed by atoms with E-state index in [2.05, 4.69) is 15.5 Å². The Morgan fingerprint density at radius 2 is 2.08 bits per heavy atom. The van der Waals surface area contributed by atoms with Crippen molar-refractivity contribution in [2.45, 2.75) is 44.8 Å². The third kappa shape index (κ3) is 3.24. The average Bonchev–Trinajstić information content (AvgIpc) is 3.23. The summed E-state index contributed by atoms with van der Waals surface area (Å²) < 4.78 is 42.0. The monoisotopic (exact) mass is 375 g/mol. The summed E-state index contributed by atoms with van der Waals surface area (Å²) in [4.78, 5) is 12.5. The lowest BCUT2D eigenvalue weighted by atomic mass is 10.2. The van der Waals surface area contributed by atoms with Gasteiger partial charge >= 0.3 is 6.18 Å². The van der Waals surface area contributed by atoms with Crippen LogP contribution in [0.4, 0.5) is 18.9 Å². The van der Waals surface area contributed by atoms with Crippen molar-refractivity contribution in [1.29, 1.82) is 0 Å². The topological polar surface area (TPSA) is 64.7 Å². The van der Waals surface area contributed by atoms with Gasteiger partial charge in [0, 0.05) is 13.0 Å². The number of hydrogen-bond donors (Lipinski definition) is 1. The van der Waals surface area contributed by atoms with E-state index in [1.54, 1.807) is 18.7 Å². The van der Waals surface area contributed by atoms with Crippen molar-refractivity contribution in [2.75, 3.05) is 5.32 Å². The van der Waals surface area contributed by atoms with Gasteiger partial charge in [0.2, 0.25) is 5.91 Å². The maximum atomic E-state index is 13.1. The Balaban J connectivity index is 1.92. The number of carbonyl (C=O) groups is 1. The van der Waals surface area contributed by atoms with E-state index in [-0.39, 0.29) is 11.6 Å². The van der Waals surface area contributed by atoms with Gasteiger partial charge in [-0.3, -0.25) is 14.2 Å². The number of carbonyl (C=O) groups excluding carboxylic acids is 1. The Bertz CT molecular complexity index is 822. The van der Waals surface area contributed by atoms with Crippen LogP contribution in [0.25, 0.3) is 0 Å². The molecule has 2 heterocycles. The van der Waals surface area contributed by atoms with E-state index in [1.165, 1.54) is 13.1 Å². The number of anilines is 1. The Morgan fingerprint density at radius 3 is 2.56 bits per heavy atom. The standard InChI is InChI=1S/C15H17ClF3N5O/c1-7-10(6-20-23(7)3)21-14(25)8(2)24-12(9-4-5-9)11(16)13(22-24)15(17,18)19/h6,8-9H,4-5H2,1-3H3,(H,21,25)/t8-/m0/s1. The minimum atomic E-state index is -4.66. The van der Waals surface area contributed by atoms with Crippen LogP contribution in [0.1, 0.15) is 48.8 Å². The maximum Gasteiger partial charge on any atom is 0.436 e. The number of aromatic nitrogens is 4. The third-order valence-corrected chi connectivity index (χ3v) is 4.73. The highest BCUT2D eigenvalue weighted by atomic mass is 35.5. The molecule has 2 aromatic heterocycles. The first kappa shape index (κ1) is 17.8. The minimum Gasteiger partial charge on any atom is -0.321 e. The Labute approximate surface area is 146 Å². The summed E-state index contributed by atoms with van der Waals surface area (Å²) in [5, 5.41) is 9.89. The molecule has 3 rings (SSSR count). The Kier molecular flexibility index (Phi) is 4.30.